The van der Waals surface area contributed by atoms with Gasteiger partial charge in [-0.1, -0.05) is 55.7 Å². The Hall–Kier alpha value is -3.99. The summed E-state index contributed by atoms with van der Waals surface area (Å²) in [6.45, 7) is 11.4. The third-order valence-electron chi connectivity index (χ3n) is 5.80. The summed E-state index contributed by atoms with van der Waals surface area (Å²) in [5.41, 5.74) is 2.29. The van der Waals surface area contributed by atoms with Crippen LogP contribution in [-0.2, 0) is 20.7 Å². The molecular weight excluding hydrogens is 482 g/mol. The molecule has 0 bridgehead atoms. The van der Waals surface area contributed by atoms with Crippen LogP contribution in [0.3, 0.4) is 0 Å². The van der Waals surface area contributed by atoms with Crippen LogP contribution in [-0.4, -0.2) is 46.1 Å². The topological polar surface area (TPSA) is 108 Å². The van der Waals surface area contributed by atoms with Gasteiger partial charge in [-0.3, -0.25) is 14.5 Å². The van der Waals surface area contributed by atoms with Crippen LogP contribution in [0.2, 0.25) is 0 Å². The number of aromatic hydroxyl groups is 1. The van der Waals surface area contributed by atoms with Crippen LogP contribution in [0.4, 0.5) is 4.79 Å². The number of phenolic OH excluding ortho intramolecular Hbond substituents is 1. The number of carbonyl (C=O) groups excluding carboxylic acids is 3. The van der Waals surface area contributed by atoms with Gasteiger partial charge in [-0.15, -0.1) is 0 Å². The lowest BCUT2D eigenvalue weighted by Crippen LogP contribution is -2.52. The SMILES string of the molecule is C#CN(C(=O)C(Cc1ccc(O)cc1)NC(=O)OC(C)(C)C)C(C(=O)NCCCC)c1ccc(C)cc1C. The maximum Gasteiger partial charge on any atom is 0.408 e. The van der Waals surface area contributed by atoms with Gasteiger partial charge in [0.15, 0.2) is 0 Å². The van der Waals surface area contributed by atoms with Gasteiger partial charge < -0.3 is 20.5 Å². The number of aryl methyl sites for hydroxylation is 2. The summed E-state index contributed by atoms with van der Waals surface area (Å²) in [7, 11) is 0. The molecule has 38 heavy (non-hydrogen) atoms. The zero-order chi connectivity index (χ0) is 28.5. The van der Waals surface area contributed by atoms with Crippen LogP contribution in [0.15, 0.2) is 42.5 Å². The lowest BCUT2D eigenvalue weighted by atomic mass is 9.96. The minimum absolute atomic E-state index is 0.0631. The summed E-state index contributed by atoms with van der Waals surface area (Å²) in [6.07, 6.45) is 6.81. The average molecular weight is 522 g/mol. The Morgan fingerprint density at radius 1 is 1.11 bits per heavy atom. The zero-order valence-corrected chi connectivity index (χ0v) is 23.1. The van der Waals surface area contributed by atoms with E-state index in [1.807, 2.05) is 32.9 Å². The van der Waals surface area contributed by atoms with Gasteiger partial charge in [0.2, 0.25) is 5.91 Å². The van der Waals surface area contributed by atoms with Crippen LogP contribution in [0.5, 0.6) is 5.75 Å². The van der Waals surface area contributed by atoms with Crippen LogP contribution in [0, 0.1) is 26.3 Å². The van der Waals surface area contributed by atoms with E-state index in [1.165, 1.54) is 12.1 Å². The van der Waals surface area contributed by atoms with E-state index in [0.717, 1.165) is 28.9 Å². The van der Waals surface area contributed by atoms with Crippen molar-refractivity contribution in [3.63, 3.8) is 0 Å². The average Bonchev–Trinajstić information content (AvgIpc) is 2.82. The number of rotatable bonds is 10. The molecule has 3 amide bonds. The number of hydrogen-bond donors (Lipinski definition) is 3. The Morgan fingerprint density at radius 2 is 1.76 bits per heavy atom. The van der Waals surface area contributed by atoms with Gasteiger partial charge in [0, 0.05) is 19.0 Å². The molecule has 2 aromatic carbocycles. The van der Waals surface area contributed by atoms with Gasteiger partial charge in [0.1, 0.15) is 23.4 Å². The summed E-state index contributed by atoms with van der Waals surface area (Å²) in [6, 6.07) is 12.0. The quantitative estimate of drug-likeness (QED) is 0.242. The van der Waals surface area contributed by atoms with Gasteiger partial charge in [-0.2, -0.15) is 0 Å². The zero-order valence-electron chi connectivity index (χ0n) is 23.1. The third-order valence-corrected chi connectivity index (χ3v) is 5.80. The summed E-state index contributed by atoms with van der Waals surface area (Å²) in [4.78, 5) is 41.1. The van der Waals surface area contributed by atoms with E-state index in [-0.39, 0.29) is 12.2 Å². The highest BCUT2D eigenvalue weighted by Gasteiger charge is 2.36. The molecule has 0 saturated carbocycles. The molecule has 8 nitrogen and oxygen atoms in total. The van der Waals surface area contributed by atoms with Gasteiger partial charge in [0.25, 0.3) is 5.91 Å². The number of terminal acetylenes is 1. The molecule has 2 aromatic rings. The fraction of sp³-hybridized carbons (Fsp3) is 0.433. The smallest absolute Gasteiger partial charge is 0.408 e. The van der Waals surface area contributed by atoms with Gasteiger partial charge >= 0.3 is 6.09 Å². The normalized spacial score (nSPS) is 12.6. The number of alkyl carbamates (subject to hydrolysis) is 1. The Bertz CT molecular complexity index is 1160. The number of phenols is 1. The molecule has 0 spiro atoms. The molecule has 0 fully saturated rings. The minimum Gasteiger partial charge on any atom is -0.508 e. The number of unbranched alkanes of at least 4 members (excludes halogenated alkanes) is 1. The summed E-state index contributed by atoms with van der Waals surface area (Å²) in [5.74, 6) is -0.972. The first-order chi connectivity index (χ1) is 17.9. The number of benzene rings is 2. The molecule has 2 atom stereocenters. The summed E-state index contributed by atoms with van der Waals surface area (Å²) in [5, 5.41) is 15.2. The Kier molecular flexibility index (Phi) is 10.8. The van der Waals surface area contributed by atoms with E-state index in [4.69, 9.17) is 11.2 Å². The van der Waals surface area contributed by atoms with Crippen LogP contribution in [0.25, 0.3) is 0 Å². The highest BCUT2D eigenvalue weighted by atomic mass is 16.6. The van der Waals surface area contributed by atoms with Crippen molar-refractivity contribution in [2.45, 2.75) is 78.5 Å². The van der Waals surface area contributed by atoms with Crippen molar-refractivity contribution in [3.05, 3.63) is 64.7 Å². The van der Waals surface area contributed by atoms with Crippen molar-refractivity contribution in [2.75, 3.05) is 6.54 Å². The molecule has 0 radical (unpaired) electrons. The molecule has 0 heterocycles. The predicted octanol–water partition coefficient (Wildman–Crippen LogP) is 4.52. The maximum atomic E-state index is 14.0. The number of hydrogen-bond acceptors (Lipinski definition) is 5. The number of nitrogens with zero attached hydrogens (tertiary/aromatic N) is 1. The van der Waals surface area contributed by atoms with E-state index in [1.54, 1.807) is 39.0 Å². The lowest BCUT2D eigenvalue weighted by molar-refractivity contribution is -0.138. The van der Waals surface area contributed by atoms with Crippen molar-refractivity contribution in [1.29, 1.82) is 0 Å². The largest absolute Gasteiger partial charge is 0.508 e. The number of ether oxygens (including phenoxy) is 1. The van der Waals surface area contributed by atoms with Crippen molar-refractivity contribution in [3.8, 4) is 18.2 Å². The first-order valence-corrected chi connectivity index (χ1v) is 12.8. The van der Waals surface area contributed by atoms with Crippen molar-refractivity contribution < 1.29 is 24.2 Å². The monoisotopic (exact) mass is 521 g/mol. The maximum absolute atomic E-state index is 14.0. The third kappa shape index (κ3) is 8.84. The second kappa shape index (κ2) is 13.5. The first kappa shape index (κ1) is 30.2. The highest BCUT2D eigenvalue weighted by Crippen LogP contribution is 2.26. The van der Waals surface area contributed by atoms with Crippen molar-refractivity contribution >= 4 is 17.9 Å². The molecule has 0 aromatic heterocycles. The molecule has 8 heteroatoms. The molecule has 0 saturated heterocycles. The van der Waals surface area contributed by atoms with Gasteiger partial charge in [0.05, 0.1) is 0 Å². The van der Waals surface area contributed by atoms with Gasteiger partial charge in [-0.05, 0) is 69.9 Å². The van der Waals surface area contributed by atoms with Crippen LogP contribution < -0.4 is 10.6 Å². The standard InChI is InChI=1S/C30H39N3O5/c1-8-10-17-31-27(35)26(24-16-11-20(3)18-21(24)4)33(9-2)28(36)25(32-29(37)38-30(5,6)7)19-22-12-14-23(34)15-13-22/h2,11-16,18,25-26,34H,8,10,17,19H2,1,3-7H3,(H,31,35)(H,32,37). The summed E-state index contributed by atoms with van der Waals surface area (Å²) < 4.78 is 5.39. The molecule has 2 rings (SSSR count). The summed E-state index contributed by atoms with van der Waals surface area (Å²) >= 11 is 0. The Labute approximate surface area is 225 Å². The van der Waals surface area contributed by atoms with E-state index >= 15 is 0 Å². The van der Waals surface area contributed by atoms with Crippen LogP contribution >= 0.6 is 0 Å². The Balaban J connectivity index is 2.50. The molecule has 0 aliphatic carbocycles. The lowest BCUT2D eigenvalue weighted by Gasteiger charge is -2.31. The fourth-order valence-corrected chi connectivity index (χ4v) is 3.97. The first-order valence-electron chi connectivity index (χ1n) is 12.8. The second-order valence-corrected chi connectivity index (χ2v) is 10.3. The Morgan fingerprint density at radius 3 is 2.32 bits per heavy atom. The fourth-order valence-electron chi connectivity index (χ4n) is 3.97. The van der Waals surface area contributed by atoms with E-state index in [2.05, 4.69) is 16.7 Å². The second-order valence-electron chi connectivity index (χ2n) is 10.3. The molecule has 3 N–H and O–H groups in total. The van der Waals surface area contributed by atoms with E-state index in [9.17, 15) is 19.5 Å². The number of carbonyl (C=O) groups is 3. The van der Waals surface area contributed by atoms with E-state index in [0.29, 0.717) is 17.7 Å². The molecule has 204 valence electrons. The molecule has 0 aliphatic heterocycles. The predicted molar refractivity (Wildman–Crippen MR) is 147 cm³/mol. The van der Waals surface area contributed by atoms with E-state index < -0.39 is 35.6 Å². The highest BCUT2D eigenvalue weighted by molar-refractivity contribution is 5.93. The molecular formula is C30H39N3O5. The molecule has 2 unspecified atom stereocenters. The number of nitrogens with one attached hydrogen (secondary N) is 2. The molecule has 0 aliphatic rings. The minimum atomic E-state index is -1.14. The van der Waals surface area contributed by atoms with Crippen molar-refractivity contribution in [1.82, 2.24) is 15.5 Å². The number of amides is 3. The van der Waals surface area contributed by atoms with Gasteiger partial charge in [-0.25, -0.2) is 4.79 Å². The van der Waals surface area contributed by atoms with Crippen LogP contribution in [0.1, 0.15) is 68.8 Å². The van der Waals surface area contributed by atoms with Crippen molar-refractivity contribution in [2.24, 2.45) is 0 Å².